The number of fused-ring (bicyclic) bond motifs is 1. The second-order valence-corrected chi connectivity index (χ2v) is 5.74. The van der Waals surface area contributed by atoms with Gasteiger partial charge in [0.2, 0.25) is 0 Å². The van der Waals surface area contributed by atoms with Gasteiger partial charge in [0.1, 0.15) is 17.6 Å². The third-order valence-corrected chi connectivity index (χ3v) is 4.57. The highest BCUT2D eigenvalue weighted by atomic mass is 32.2. The molecule has 4 heteroatoms. The van der Waals surface area contributed by atoms with Crippen molar-refractivity contribution in [2.24, 2.45) is 5.73 Å². The number of ether oxygens (including phenoxy) is 2. The average Bonchev–Trinajstić information content (AvgIpc) is 2.53. The van der Waals surface area contributed by atoms with Crippen LogP contribution in [0, 0.1) is 0 Å². The molecule has 0 spiro atoms. The van der Waals surface area contributed by atoms with E-state index in [0.717, 1.165) is 22.8 Å². The lowest BCUT2D eigenvalue weighted by molar-refractivity contribution is 0.184. The van der Waals surface area contributed by atoms with Crippen LogP contribution in [0.2, 0.25) is 0 Å². The van der Waals surface area contributed by atoms with Gasteiger partial charge in [0, 0.05) is 16.2 Å². The van der Waals surface area contributed by atoms with E-state index >= 15 is 0 Å². The van der Waals surface area contributed by atoms with Gasteiger partial charge in [-0.3, -0.25) is 0 Å². The first kappa shape index (κ1) is 13.3. The van der Waals surface area contributed by atoms with Gasteiger partial charge < -0.3 is 15.2 Å². The maximum absolute atomic E-state index is 6.38. The minimum Gasteiger partial charge on any atom is -0.496 e. The Kier molecular flexibility index (Phi) is 3.85. The summed E-state index contributed by atoms with van der Waals surface area (Å²) < 4.78 is 11.4. The summed E-state index contributed by atoms with van der Waals surface area (Å²) >= 11 is 1.79. The van der Waals surface area contributed by atoms with Crippen LogP contribution in [0.5, 0.6) is 11.5 Å². The summed E-state index contributed by atoms with van der Waals surface area (Å²) in [5.41, 5.74) is 7.37. The quantitative estimate of drug-likeness (QED) is 0.941. The average molecular weight is 287 g/mol. The van der Waals surface area contributed by atoms with E-state index in [9.17, 15) is 0 Å². The highest BCUT2D eigenvalue weighted by Gasteiger charge is 2.28. The van der Waals surface area contributed by atoms with E-state index in [0.29, 0.717) is 0 Å². The third kappa shape index (κ3) is 2.49. The smallest absolute Gasteiger partial charge is 0.133 e. The van der Waals surface area contributed by atoms with Crippen molar-refractivity contribution in [2.45, 2.75) is 17.0 Å². The van der Waals surface area contributed by atoms with Gasteiger partial charge in [-0.15, -0.1) is 11.8 Å². The monoisotopic (exact) mass is 287 g/mol. The molecule has 1 heterocycles. The van der Waals surface area contributed by atoms with E-state index in [-0.39, 0.29) is 12.1 Å². The van der Waals surface area contributed by atoms with Crippen molar-refractivity contribution in [3.05, 3.63) is 54.1 Å². The van der Waals surface area contributed by atoms with E-state index in [1.165, 1.54) is 4.90 Å². The van der Waals surface area contributed by atoms with Gasteiger partial charge in [-0.2, -0.15) is 0 Å². The van der Waals surface area contributed by atoms with Gasteiger partial charge in [-0.1, -0.05) is 30.3 Å². The highest BCUT2D eigenvalue weighted by molar-refractivity contribution is 7.99. The Morgan fingerprint density at radius 1 is 1.20 bits per heavy atom. The number of rotatable bonds is 3. The molecule has 3 nitrogen and oxygen atoms in total. The largest absolute Gasteiger partial charge is 0.496 e. The van der Waals surface area contributed by atoms with Crippen molar-refractivity contribution in [3.8, 4) is 11.5 Å². The second-order valence-electron chi connectivity index (χ2n) is 4.68. The van der Waals surface area contributed by atoms with Crippen LogP contribution in [0.25, 0.3) is 0 Å². The number of hydrogen-bond acceptors (Lipinski definition) is 4. The number of para-hydroxylation sites is 2. The van der Waals surface area contributed by atoms with Crippen LogP contribution in [0.1, 0.15) is 11.6 Å². The highest BCUT2D eigenvalue weighted by Crippen LogP contribution is 2.38. The second kappa shape index (κ2) is 5.77. The van der Waals surface area contributed by atoms with Crippen LogP contribution in [0.3, 0.4) is 0 Å². The topological polar surface area (TPSA) is 44.5 Å². The van der Waals surface area contributed by atoms with E-state index in [1.54, 1.807) is 18.9 Å². The van der Waals surface area contributed by atoms with Crippen molar-refractivity contribution in [1.29, 1.82) is 0 Å². The van der Waals surface area contributed by atoms with Crippen molar-refractivity contribution in [3.63, 3.8) is 0 Å². The molecule has 2 N–H and O–H groups in total. The molecule has 104 valence electrons. The molecule has 20 heavy (non-hydrogen) atoms. The molecule has 3 rings (SSSR count). The van der Waals surface area contributed by atoms with Gasteiger partial charge in [-0.05, 0) is 18.2 Å². The Balaban J connectivity index is 1.84. The van der Waals surface area contributed by atoms with Crippen molar-refractivity contribution < 1.29 is 9.47 Å². The van der Waals surface area contributed by atoms with E-state index in [1.807, 2.05) is 42.5 Å². The molecule has 2 atom stereocenters. The summed E-state index contributed by atoms with van der Waals surface area (Å²) in [6, 6.07) is 15.7. The minimum atomic E-state index is -0.202. The first-order valence-corrected chi connectivity index (χ1v) is 7.55. The van der Waals surface area contributed by atoms with E-state index in [4.69, 9.17) is 15.2 Å². The first-order chi connectivity index (χ1) is 9.79. The molecule has 0 saturated heterocycles. The Morgan fingerprint density at radius 2 is 1.95 bits per heavy atom. The minimum absolute atomic E-state index is 0.0498. The van der Waals surface area contributed by atoms with Gasteiger partial charge in [-0.25, -0.2) is 0 Å². The van der Waals surface area contributed by atoms with E-state index < -0.39 is 0 Å². The molecule has 2 aromatic rings. The Morgan fingerprint density at radius 3 is 2.80 bits per heavy atom. The van der Waals surface area contributed by atoms with Gasteiger partial charge in [0.25, 0.3) is 0 Å². The predicted molar refractivity (Wildman–Crippen MR) is 81.5 cm³/mol. The fourth-order valence-electron chi connectivity index (χ4n) is 2.35. The lowest BCUT2D eigenvalue weighted by Gasteiger charge is -2.30. The van der Waals surface area contributed by atoms with Gasteiger partial charge in [0.15, 0.2) is 0 Å². The Labute approximate surface area is 123 Å². The maximum Gasteiger partial charge on any atom is 0.133 e. The molecule has 0 aliphatic carbocycles. The van der Waals surface area contributed by atoms with Crippen LogP contribution in [0.4, 0.5) is 0 Å². The number of thioether (sulfide) groups is 1. The molecule has 0 fully saturated rings. The molecule has 1 aliphatic heterocycles. The number of benzene rings is 2. The van der Waals surface area contributed by atoms with Crippen LogP contribution in [-0.2, 0) is 0 Å². The zero-order chi connectivity index (χ0) is 13.9. The molecule has 2 unspecified atom stereocenters. The molecule has 0 saturated carbocycles. The van der Waals surface area contributed by atoms with Gasteiger partial charge >= 0.3 is 0 Å². The molecule has 0 bridgehead atoms. The zero-order valence-corrected chi connectivity index (χ0v) is 12.1. The number of hydrogen-bond donors (Lipinski definition) is 1. The van der Waals surface area contributed by atoms with Crippen LogP contribution < -0.4 is 15.2 Å². The molecule has 0 radical (unpaired) electrons. The lowest BCUT2D eigenvalue weighted by Crippen LogP contribution is -2.35. The molecule has 0 aromatic heterocycles. The number of nitrogens with two attached hydrogens (primary N) is 1. The van der Waals surface area contributed by atoms with Gasteiger partial charge in [0.05, 0.1) is 13.2 Å². The first-order valence-electron chi connectivity index (χ1n) is 6.56. The standard InChI is InChI=1S/C16H17NO2S/c1-18-12-7-3-2-6-11(12)16(17)14-10-20-15-9-5-4-8-13(15)19-14/h2-9,14,16H,10,17H2,1H3. The summed E-state index contributed by atoms with van der Waals surface area (Å²) in [5.74, 6) is 2.57. The lowest BCUT2D eigenvalue weighted by atomic mass is 10.0. The summed E-state index contributed by atoms with van der Waals surface area (Å²) in [7, 11) is 1.66. The zero-order valence-electron chi connectivity index (χ0n) is 11.3. The summed E-state index contributed by atoms with van der Waals surface area (Å²) in [5, 5.41) is 0. The summed E-state index contributed by atoms with van der Waals surface area (Å²) in [4.78, 5) is 1.18. The molecule has 2 aromatic carbocycles. The molecular weight excluding hydrogens is 270 g/mol. The Bertz CT molecular complexity index is 603. The van der Waals surface area contributed by atoms with Crippen LogP contribution in [-0.4, -0.2) is 19.0 Å². The van der Waals surface area contributed by atoms with Crippen molar-refractivity contribution >= 4 is 11.8 Å². The fourth-order valence-corrected chi connectivity index (χ4v) is 3.41. The van der Waals surface area contributed by atoms with E-state index in [2.05, 4.69) is 6.07 Å². The summed E-state index contributed by atoms with van der Waals surface area (Å²) in [6.07, 6.45) is -0.0498. The van der Waals surface area contributed by atoms with Crippen LogP contribution in [0.15, 0.2) is 53.4 Å². The SMILES string of the molecule is COc1ccccc1C(N)C1CSc2ccccc2O1. The third-order valence-electron chi connectivity index (χ3n) is 3.43. The fraction of sp³-hybridized carbons (Fsp3) is 0.250. The Hall–Kier alpha value is -1.65. The van der Waals surface area contributed by atoms with Crippen LogP contribution >= 0.6 is 11.8 Å². The maximum atomic E-state index is 6.38. The predicted octanol–water partition coefficient (Wildman–Crippen LogP) is 3.25. The molecular formula is C16H17NO2S. The summed E-state index contributed by atoms with van der Waals surface area (Å²) in [6.45, 7) is 0. The molecule has 0 amide bonds. The normalized spacial score (nSPS) is 18.8. The number of methoxy groups -OCH3 is 1. The molecule has 1 aliphatic rings. The van der Waals surface area contributed by atoms with Crippen molar-refractivity contribution in [2.75, 3.05) is 12.9 Å². The van der Waals surface area contributed by atoms with Crippen molar-refractivity contribution in [1.82, 2.24) is 0 Å².